The van der Waals surface area contributed by atoms with Crippen molar-refractivity contribution in [2.75, 3.05) is 5.32 Å². The quantitative estimate of drug-likeness (QED) is 0.905. The summed E-state index contributed by atoms with van der Waals surface area (Å²) in [5.41, 5.74) is 0.825. The van der Waals surface area contributed by atoms with Crippen molar-refractivity contribution in [3.63, 3.8) is 0 Å². The molecule has 0 saturated heterocycles. The number of nitrogens with one attached hydrogen (secondary N) is 2. The van der Waals surface area contributed by atoms with Gasteiger partial charge in [0, 0.05) is 11.4 Å². The summed E-state index contributed by atoms with van der Waals surface area (Å²) in [5, 5.41) is 3.04. The molecule has 1 heterocycles. The number of rotatable bonds is 3. The van der Waals surface area contributed by atoms with Crippen molar-refractivity contribution in [3.8, 4) is 0 Å². The molecule has 1 amide bonds. The van der Waals surface area contributed by atoms with Gasteiger partial charge in [0.2, 0.25) is 0 Å². The lowest BCUT2D eigenvalue weighted by Crippen LogP contribution is -2.24. The summed E-state index contributed by atoms with van der Waals surface area (Å²) in [7, 11) is 0. The monoisotopic (exact) mass is 276 g/mol. The molecule has 0 fully saturated rings. The zero-order chi connectivity index (χ0) is 13.8. The van der Waals surface area contributed by atoms with Gasteiger partial charge in [-0.15, -0.1) is 0 Å². The fourth-order valence-corrected chi connectivity index (χ4v) is 1.98. The number of hydrogen-bond donors (Lipinski definition) is 2. The Labute approximate surface area is 115 Å². The average Bonchev–Trinajstić information content (AvgIpc) is 2.42. The first-order chi connectivity index (χ1) is 9.11. The van der Waals surface area contributed by atoms with Crippen molar-refractivity contribution < 1.29 is 4.79 Å². The van der Waals surface area contributed by atoms with Crippen LogP contribution < -0.4 is 10.9 Å². The number of benzene rings is 1. The second-order valence-electron chi connectivity index (χ2n) is 4.01. The van der Waals surface area contributed by atoms with Crippen molar-refractivity contribution in [2.24, 2.45) is 0 Å². The number of hydrogen-bond acceptors (Lipinski definition) is 2. The van der Waals surface area contributed by atoms with Crippen LogP contribution in [0.25, 0.3) is 0 Å². The Morgan fingerprint density at radius 3 is 2.63 bits per heavy atom. The molecule has 0 bridgehead atoms. The second kappa shape index (κ2) is 5.71. The highest BCUT2D eigenvalue weighted by atomic mass is 35.5. The lowest BCUT2D eigenvalue weighted by Gasteiger charge is -2.06. The fourth-order valence-electron chi connectivity index (χ4n) is 1.69. The number of pyridine rings is 1. The molecule has 0 aliphatic carbocycles. The van der Waals surface area contributed by atoms with E-state index in [-0.39, 0.29) is 5.56 Å². The summed E-state index contributed by atoms with van der Waals surface area (Å²) < 4.78 is 0. The standard InChI is InChI=1S/C14H13ClN2O2/c1-2-12-11(15)8-10(14(19)17-12)13(18)16-9-6-4-3-5-7-9/h3-8H,2H2,1H3,(H,16,18)(H,17,19). The number of carbonyl (C=O) groups excluding carboxylic acids is 1. The first-order valence-corrected chi connectivity index (χ1v) is 6.27. The van der Waals surface area contributed by atoms with Gasteiger partial charge < -0.3 is 10.3 Å². The minimum Gasteiger partial charge on any atom is -0.324 e. The molecule has 0 radical (unpaired) electrons. The van der Waals surface area contributed by atoms with E-state index in [0.717, 1.165) is 0 Å². The first kappa shape index (κ1) is 13.4. The predicted molar refractivity (Wildman–Crippen MR) is 75.8 cm³/mol. The van der Waals surface area contributed by atoms with E-state index in [2.05, 4.69) is 10.3 Å². The van der Waals surface area contributed by atoms with Crippen molar-refractivity contribution in [3.05, 3.63) is 63.0 Å². The van der Waals surface area contributed by atoms with Crippen LogP contribution in [0.2, 0.25) is 5.02 Å². The van der Waals surface area contributed by atoms with Gasteiger partial charge in [-0.3, -0.25) is 9.59 Å². The van der Waals surface area contributed by atoms with Crippen LogP contribution in [0.15, 0.2) is 41.2 Å². The zero-order valence-electron chi connectivity index (χ0n) is 10.4. The van der Waals surface area contributed by atoms with E-state index in [0.29, 0.717) is 22.8 Å². The number of para-hydroxylation sites is 1. The molecule has 0 unspecified atom stereocenters. The van der Waals surface area contributed by atoms with Crippen LogP contribution in [0, 0.1) is 0 Å². The van der Waals surface area contributed by atoms with Gasteiger partial charge in [-0.1, -0.05) is 36.7 Å². The Kier molecular flexibility index (Phi) is 4.02. The number of anilines is 1. The van der Waals surface area contributed by atoms with Crippen LogP contribution >= 0.6 is 11.6 Å². The van der Waals surface area contributed by atoms with Crippen LogP contribution in [0.3, 0.4) is 0 Å². The van der Waals surface area contributed by atoms with Crippen molar-refractivity contribution in [2.45, 2.75) is 13.3 Å². The number of halogens is 1. The maximum absolute atomic E-state index is 12.0. The molecule has 0 aliphatic heterocycles. The van der Waals surface area contributed by atoms with Gasteiger partial charge in [-0.25, -0.2) is 0 Å². The minimum absolute atomic E-state index is 0.00560. The number of H-pyrrole nitrogens is 1. The van der Waals surface area contributed by atoms with Gasteiger partial charge in [0.1, 0.15) is 5.56 Å². The van der Waals surface area contributed by atoms with Gasteiger partial charge in [0.05, 0.1) is 5.02 Å². The van der Waals surface area contributed by atoms with E-state index in [1.807, 2.05) is 13.0 Å². The first-order valence-electron chi connectivity index (χ1n) is 5.90. The Balaban J connectivity index is 2.30. The van der Waals surface area contributed by atoms with E-state index >= 15 is 0 Å². The molecule has 0 atom stereocenters. The summed E-state index contributed by atoms with van der Waals surface area (Å²) in [6.45, 7) is 1.88. The molecule has 2 rings (SSSR count). The maximum Gasteiger partial charge on any atom is 0.261 e. The summed E-state index contributed by atoms with van der Waals surface area (Å²) in [6.07, 6.45) is 0.606. The number of carbonyl (C=O) groups is 1. The molecule has 19 heavy (non-hydrogen) atoms. The third kappa shape index (κ3) is 3.03. The van der Waals surface area contributed by atoms with Crippen LogP contribution in [-0.4, -0.2) is 10.9 Å². The van der Waals surface area contributed by atoms with Crippen LogP contribution in [0.5, 0.6) is 0 Å². The highest BCUT2D eigenvalue weighted by Gasteiger charge is 2.13. The molecule has 0 aliphatic rings. The van der Waals surface area contributed by atoms with Gasteiger partial charge in [-0.05, 0) is 24.6 Å². The molecule has 0 saturated carbocycles. The molecule has 5 heteroatoms. The fraction of sp³-hybridized carbons (Fsp3) is 0.143. The average molecular weight is 277 g/mol. The van der Waals surface area contributed by atoms with Gasteiger partial charge >= 0.3 is 0 Å². The topological polar surface area (TPSA) is 62.0 Å². The molecular weight excluding hydrogens is 264 g/mol. The summed E-state index contributed by atoms with van der Waals surface area (Å²) in [5.74, 6) is -0.475. The highest BCUT2D eigenvalue weighted by Crippen LogP contribution is 2.14. The molecular formula is C14H13ClN2O2. The Morgan fingerprint density at radius 1 is 1.32 bits per heavy atom. The van der Waals surface area contributed by atoms with Crippen molar-refractivity contribution in [1.29, 1.82) is 0 Å². The zero-order valence-corrected chi connectivity index (χ0v) is 11.1. The van der Waals surface area contributed by atoms with Crippen LogP contribution in [-0.2, 0) is 6.42 Å². The third-order valence-electron chi connectivity index (χ3n) is 2.70. The van der Waals surface area contributed by atoms with E-state index < -0.39 is 11.5 Å². The molecule has 2 N–H and O–H groups in total. The molecule has 4 nitrogen and oxygen atoms in total. The predicted octanol–water partition coefficient (Wildman–Crippen LogP) is 2.84. The van der Waals surface area contributed by atoms with Gasteiger partial charge in [0.25, 0.3) is 11.5 Å². The van der Waals surface area contributed by atoms with Crippen molar-refractivity contribution >= 4 is 23.2 Å². The number of aromatic nitrogens is 1. The van der Waals surface area contributed by atoms with E-state index in [9.17, 15) is 9.59 Å². The normalized spacial score (nSPS) is 10.2. The lowest BCUT2D eigenvalue weighted by molar-refractivity contribution is 0.102. The SMILES string of the molecule is CCc1[nH]c(=O)c(C(=O)Nc2ccccc2)cc1Cl. The number of aromatic amines is 1. The van der Waals surface area contributed by atoms with E-state index in [1.165, 1.54) is 6.07 Å². The molecule has 1 aromatic heterocycles. The Hall–Kier alpha value is -2.07. The number of amides is 1. The largest absolute Gasteiger partial charge is 0.324 e. The van der Waals surface area contributed by atoms with Crippen molar-refractivity contribution in [1.82, 2.24) is 4.98 Å². The molecule has 98 valence electrons. The molecule has 1 aromatic carbocycles. The van der Waals surface area contributed by atoms with Crippen LogP contribution in [0.1, 0.15) is 23.0 Å². The smallest absolute Gasteiger partial charge is 0.261 e. The molecule has 0 spiro atoms. The summed E-state index contributed by atoms with van der Waals surface area (Å²) in [6, 6.07) is 10.3. The summed E-state index contributed by atoms with van der Waals surface area (Å²) >= 11 is 6.00. The highest BCUT2D eigenvalue weighted by molar-refractivity contribution is 6.31. The Morgan fingerprint density at radius 2 is 2.00 bits per heavy atom. The number of aryl methyl sites for hydroxylation is 1. The maximum atomic E-state index is 12.0. The second-order valence-corrected chi connectivity index (χ2v) is 4.42. The van der Waals surface area contributed by atoms with E-state index in [4.69, 9.17) is 11.6 Å². The molecule has 2 aromatic rings. The third-order valence-corrected chi connectivity index (χ3v) is 3.04. The summed E-state index contributed by atoms with van der Waals surface area (Å²) in [4.78, 5) is 26.4. The minimum atomic E-state index is -0.475. The lowest BCUT2D eigenvalue weighted by atomic mass is 10.2. The van der Waals surface area contributed by atoms with Crippen LogP contribution in [0.4, 0.5) is 5.69 Å². The van der Waals surface area contributed by atoms with E-state index in [1.54, 1.807) is 24.3 Å². The Bertz CT molecular complexity index is 650. The van der Waals surface area contributed by atoms with Gasteiger partial charge in [-0.2, -0.15) is 0 Å². The van der Waals surface area contributed by atoms with Gasteiger partial charge in [0.15, 0.2) is 0 Å².